The number of fused-ring (bicyclic) bond motifs is 5. The molecular weight excluding hydrogens is 284 g/mol. The Morgan fingerprint density at radius 2 is 1.96 bits per heavy atom. The lowest BCUT2D eigenvalue weighted by molar-refractivity contribution is -0.0802. The van der Waals surface area contributed by atoms with Gasteiger partial charge in [-0.15, -0.1) is 0 Å². The average molecular weight is 319 g/mol. The molecular formula is C21H34O2. The Kier molecular flexibility index (Phi) is 3.93. The van der Waals surface area contributed by atoms with Crippen molar-refractivity contribution in [1.29, 1.82) is 0 Å². The Hall–Kier alpha value is -0.340. The van der Waals surface area contributed by atoms with Crippen LogP contribution >= 0.6 is 0 Å². The van der Waals surface area contributed by atoms with Crippen LogP contribution in [0.2, 0.25) is 0 Å². The molecule has 0 aliphatic heterocycles. The van der Waals surface area contributed by atoms with Gasteiger partial charge in [0, 0.05) is 0 Å². The fourth-order valence-electron chi connectivity index (χ4n) is 7.55. The summed E-state index contributed by atoms with van der Waals surface area (Å²) in [6, 6.07) is 0. The van der Waals surface area contributed by atoms with Gasteiger partial charge in [0.05, 0.1) is 12.7 Å². The lowest BCUT2D eigenvalue weighted by Gasteiger charge is -2.58. The van der Waals surface area contributed by atoms with Gasteiger partial charge in [0.2, 0.25) is 0 Å². The lowest BCUT2D eigenvalue weighted by Crippen LogP contribution is -2.51. The Labute approximate surface area is 141 Å². The molecule has 4 rings (SSSR count). The molecule has 4 aliphatic rings. The molecule has 2 N–H and O–H groups in total. The summed E-state index contributed by atoms with van der Waals surface area (Å²) in [6.45, 7) is 4.93. The van der Waals surface area contributed by atoms with Crippen molar-refractivity contribution in [2.45, 2.75) is 77.7 Å². The van der Waals surface area contributed by atoms with Gasteiger partial charge in [-0.25, -0.2) is 0 Å². The summed E-state index contributed by atoms with van der Waals surface area (Å²) < 4.78 is 0. The molecule has 2 nitrogen and oxygen atoms in total. The summed E-state index contributed by atoms with van der Waals surface area (Å²) >= 11 is 0. The van der Waals surface area contributed by atoms with E-state index in [1.54, 1.807) is 5.57 Å². The van der Waals surface area contributed by atoms with Crippen LogP contribution in [0.1, 0.15) is 71.6 Å². The molecule has 0 amide bonds. The van der Waals surface area contributed by atoms with Gasteiger partial charge in [-0.05, 0) is 92.3 Å². The minimum absolute atomic E-state index is 0.0638. The zero-order valence-electron chi connectivity index (χ0n) is 14.9. The maximum absolute atomic E-state index is 10.3. The van der Waals surface area contributed by atoms with Crippen molar-refractivity contribution in [1.82, 2.24) is 0 Å². The van der Waals surface area contributed by atoms with Crippen molar-refractivity contribution in [2.24, 2.45) is 34.5 Å². The summed E-state index contributed by atoms with van der Waals surface area (Å²) in [5, 5.41) is 19.8. The van der Waals surface area contributed by atoms with Gasteiger partial charge in [-0.1, -0.05) is 25.5 Å². The van der Waals surface area contributed by atoms with Gasteiger partial charge in [-0.3, -0.25) is 0 Å². The third-order valence-corrected chi connectivity index (χ3v) is 8.75. The van der Waals surface area contributed by atoms with E-state index in [4.69, 9.17) is 0 Å². The molecule has 0 radical (unpaired) electrons. The number of rotatable bonds is 2. The van der Waals surface area contributed by atoms with Gasteiger partial charge >= 0.3 is 0 Å². The molecule has 23 heavy (non-hydrogen) atoms. The van der Waals surface area contributed by atoms with Crippen molar-refractivity contribution < 1.29 is 10.2 Å². The van der Waals surface area contributed by atoms with E-state index < -0.39 is 6.10 Å². The number of hydrogen-bond acceptors (Lipinski definition) is 2. The highest BCUT2D eigenvalue weighted by molar-refractivity contribution is 5.23. The molecule has 0 bridgehead atoms. The monoisotopic (exact) mass is 318 g/mol. The quantitative estimate of drug-likeness (QED) is 0.745. The number of aliphatic hydroxyl groups is 2. The third kappa shape index (κ3) is 2.20. The van der Waals surface area contributed by atoms with Gasteiger partial charge in [0.1, 0.15) is 0 Å². The first-order valence-corrected chi connectivity index (χ1v) is 9.99. The van der Waals surface area contributed by atoms with E-state index in [1.165, 1.54) is 51.4 Å². The molecule has 130 valence electrons. The summed E-state index contributed by atoms with van der Waals surface area (Å²) in [5.74, 6) is 2.80. The summed E-state index contributed by atoms with van der Waals surface area (Å²) in [5.41, 5.74) is 2.50. The smallest absolute Gasteiger partial charge is 0.0804 e. The normalized spacial score (nSPS) is 50.5. The second-order valence-electron chi connectivity index (χ2n) is 9.43. The van der Waals surface area contributed by atoms with E-state index in [0.29, 0.717) is 11.3 Å². The molecule has 3 fully saturated rings. The highest BCUT2D eigenvalue weighted by atomic mass is 16.3. The first-order chi connectivity index (χ1) is 11.0. The standard InChI is InChI=1S/C21H34O2/c1-20-11-4-3-5-14(20)6-7-15-16-8-9-18(19(23)13-22)21(16,2)12-10-17(15)20/h5,15-19,22-23H,3-4,6-13H2,1-2H3/t15-,16-,17-,18+,19?,20-,21-/m0/s1. The van der Waals surface area contributed by atoms with Gasteiger partial charge < -0.3 is 10.2 Å². The van der Waals surface area contributed by atoms with Crippen molar-refractivity contribution in [3.05, 3.63) is 11.6 Å². The van der Waals surface area contributed by atoms with E-state index in [1.807, 2.05) is 0 Å². The molecule has 3 saturated carbocycles. The summed E-state index contributed by atoms with van der Waals surface area (Å²) in [7, 11) is 0. The first kappa shape index (κ1) is 16.1. The molecule has 7 atom stereocenters. The minimum atomic E-state index is -0.508. The van der Waals surface area contributed by atoms with Gasteiger partial charge in [0.25, 0.3) is 0 Å². The Morgan fingerprint density at radius 1 is 1.13 bits per heavy atom. The van der Waals surface area contributed by atoms with E-state index in [2.05, 4.69) is 19.9 Å². The lowest BCUT2D eigenvalue weighted by atomic mass is 9.46. The van der Waals surface area contributed by atoms with Crippen LogP contribution in [0, 0.1) is 34.5 Å². The zero-order valence-corrected chi connectivity index (χ0v) is 14.9. The topological polar surface area (TPSA) is 40.5 Å². The predicted octanol–water partition coefficient (Wildman–Crippen LogP) is 4.31. The van der Waals surface area contributed by atoms with Crippen LogP contribution in [0.25, 0.3) is 0 Å². The maximum atomic E-state index is 10.3. The largest absolute Gasteiger partial charge is 0.394 e. The van der Waals surface area contributed by atoms with Gasteiger partial charge in [-0.2, -0.15) is 0 Å². The fraction of sp³-hybridized carbons (Fsp3) is 0.905. The molecule has 0 saturated heterocycles. The number of allylic oxidation sites excluding steroid dienone is 2. The SMILES string of the molecule is C[C@]12CC[C@H]3[C@@H](CCC4=CCCC[C@@]43C)[C@@H]1CC[C@@H]2C(O)CO. The van der Waals surface area contributed by atoms with E-state index in [0.717, 1.165) is 24.2 Å². The van der Waals surface area contributed by atoms with Crippen LogP contribution in [0.3, 0.4) is 0 Å². The molecule has 0 aromatic rings. The van der Waals surface area contributed by atoms with Crippen LogP contribution < -0.4 is 0 Å². The highest BCUT2D eigenvalue weighted by Crippen LogP contribution is 2.67. The van der Waals surface area contributed by atoms with Crippen molar-refractivity contribution in [3.63, 3.8) is 0 Å². The van der Waals surface area contributed by atoms with Crippen LogP contribution in [0.15, 0.2) is 11.6 Å². The summed E-state index contributed by atoms with van der Waals surface area (Å²) in [4.78, 5) is 0. The fourth-order valence-corrected chi connectivity index (χ4v) is 7.55. The zero-order chi connectivity index (χ0) is 16.2. The number of aliphatic hydroxyl groups excluding tert-OH is 2. The molecule has 4 aliphatic carbocycles. The van der Waals surface area contributed by atoms with Crippen LogP contribution in [-0.4, -0.2) is 22.9 Å². The molecule has 0 aromatic carbocycles. The average Bonchev–Trinajstić information content (AvgIpc) is 2.91. The molecule has 0 aromatic heterocycles. The maximum Gasteiger partial charge on any atom is 0.0804 e. The second kappa shape index (κ2) is 5.59. The minimum Gasteiger partial charge on any atom is -0.394 e. The van der Waals surface area contributed by atoms with E-state index in [9.17, 15) is 10.2 Å². The van der Waals surface area contributed by atoms with Crippen molar-refractivity contribution >= 4 is 0 Å². The highest BCUT2D eigenvalue weighted by Gasteiger charge is 2.59. The Morgan fingerprint density at radius 3 is 2.74 bits per heavy atom. The Balaban J connectivity index is 1.63. The van der Waals surface area contributed by atoms with Crippen LogP contribution in [0.5, 0.6) is 0 Å². The van der Waals surface area contributed by atoms with Crippen LogP contribution in [-0.2, 0) is 0 Å². The summed E-state index contributed by atoms with van der Waals surface area (Å²) in [6.07, 6.45) is 13.8. The van der Waals surface area contributed by atoms with E-state index >= 15 is 0 Å². The second-order valence-corrected chi connectivity index (χ2v) is 9.43. The number of hydrogen-bond donors (Lipinski definition) is 2. The molecule has 0 spiro atoms. The third-order valence-electron chi connectivity index (χ3n) is 8.75. The van der Waals surface area contributed by atoms with Crippen LogP contribution in [0.4, 0.5) is 0 Å². The van der Waals surface area contributed by atoms with Gasteiger partial charge in [0.15, 0.2) is 0 Å². The molecule has 0 heterocycles. The van der Waals surface area contributed by atoms with Crippen molar-refractivity contribution in [3.8, 4) is 0 Å². The molecule has 1 unspecified atom stereocenters. The molecule has 2 heteroatoms. The first-order valence-electron chi connectivity index (χ1n) is 9.99. The van der Waals surface area contributed by atoms with E-state index in [-0.39, 0.29) is 12.0 Å². The predicted molar refractivity (Wildman–Crippen MR) is 92.9 cm³/mol. The van der Waals surface area contributed by atoms with Crippen molar-refractivity contribution in [2.75, 3.05) is 6.61 Å². The Bertz CT molecular complexity index is 498.